The topological polar surface area (TPSA) is 63.9 Å². The fraction of sp³-hybridized carbons (Fsp3) is 0.182. The van der Waals surface area contributed by atoms with Gasteiger partial charge in [-0.15, -0.1) is 0 Å². The molecule has 0 atom stereocenters. The summed E-state index contributed by atoms with van der Waals surface area (Å²) in [4.78, 5) is 0. The Kier molecular flexibility index (Phi) is 3.44. The molecule has 1 aromatic carbocycles. The van der Waals surface area contributed by atoms with Gasteiger partial charge >= 0.3 is 6.18 Å². The van der Waals surface area contributed by atoms with Crippen LogP contribution in [0, 0.1) is 0 Å². The van der Waals surface area contributed by atoms with Crippen molar-refractivity contribution in [1.82, 2.24) is 10.2 Å². The number of nitrogen functional groups attached to an aromatic ring is 1. The van der Waals surface area contributed by atoms with E-state index in [4.69, 9.17) is 10.5 Å². The van der Waals surface area contributed by atoms with E-state index in [0.29, 0.717) is 5.56 Å². The summed E-state index contributed by atoms with van der Waals surface area (Å²) in [5, 5.41) is 6.16. The first-order valence-electron chi connectivity index (χ1n) is 5.08. The minimum absolute atomic E-state index is 0.171. The summed E-state index contributed by atoms with van der Waals surface area (Å²) in [6.07, 6.45) is -3.11. The van der Waals surface area contributed by atoms with E-state index < -0.39 is 11.7 Å². The summed E-state index contributed by atoms with van der Waals surface area (Å²) in [7, 11) is 1.37. The summed E-state index contributed by atoms with van der Waals surface area (Å²) in [5.74, 6) is 0.436. The molecule has 0 bridgehead atoms. The first-order valence-corrected chi connectivity index (χ1v) is 5.88. The van der Waals surface area contributed by atoms with Crippen molar-refractivity contribution in [2.24, 2.45) is 0 Å². The number of hydrogen-bond acceptors (Lipinski definition) is 3. The number of H-pyrrole nitrogens is 1. The number of halogens is 4. The molecule has 19 heavy (non-hydrogen) atoms. The van der Waals surface area contributed by atoms with E-state index >= 15 is 0 Å². The Hall–Kier alpha value is -1.70. The predicted octanol–water partition coefficient (Wildman–Crippen LogP) is 3.45. The Balaban J connectivity index is 2.71. The molecule has 0 saturated carbocycles. The zero-order chi connectivity index (χ0) is 14.2. The maximum Gasteiger partial charge on any atom is 0.416 e. The number of nitrogens with zero attached hydrogens (tertiary/aromatic N) is 1. The van der Waals surface area contributed by atoms with Gasteiger partial charge in [-0.05, 0) is 28.1 Å². The molecule has 3 N–H and O–H groups in total. The minimum Gasteiger partial charge on any atom is -0.495 e. The number of nitrogens with one attached hydrogen (secondary N) is 1. The van der Waals surface area contributed by atoms with E-state index in [-0.39, 0.29) is 21.6 Å². The largest absolute Gasteiger partial charge is 0.495 e. The molecule has 1 heterocycles. The van der Waals surface area contributed by atoms with E-state index in [2.05, 4.69) is 26.1 Å². The molecular formula is C11H9BrF3N3O. The van der Waals surface area contributed by atoms with Gasteiger partial charge in [0, 0.05) is 11.1 Å². The summed E-state index contributed by atoms with van der Waals surface area (Å²) in [6.45, 7) is 0. The van der Waals surface area contributed by atoms with Gasteiger partial charge in [0.15, 0.2) is 0 Å². The smallest absolute Gasteiger partial charge is 0.416 e. The third-order valence-electron chi connectivity index (χ3n) is 2.53. The van der Waals surface area contributed by atoms with Gasteiger partial charge in [0.1, 0.15) is 11.6 Å². The van der Waals surface area contributed by atoms with Crippen LogP contribution in [0.3, 0.4) is 0 Å². The van der Waals surface area contributed by atoms with Crippen LogP contribution in [0.25, 0.3) is 11.1 Å². The molecule has 8 heteroatoms. The number of ether oxygens (including phenoxy) is 1. The molecule has 0 fully saturated rings. The maximum atomic E-state index is 12.8. The van der Waals surface area contributed by atoms with Crippen LogP contribution >= 0.6 is 15.9 Å². The maximum absolute atomic E-state index is 12.8. The lowest BCUT2D eigenvalue weighted by molar-refractivity contribution is -0.137. The highest BCUT2D eigenvalue weighted by atomic mass is 79.9. The van der Waals surface area contributed by atoms with E-state index in [1.165, 1.54) is 13.3 Å². The van der Waals surface area contributed by atoms with Gasteiger partial charge in [-0.2, -0.15) is 18.3 Å². The van der Waals surface area contributed by atoms with Gasteiger partial charge in [0.2, 0.25) is 0 Å². The second-order valence-electron chi connectivity index (χ2n) is 3.73. The summed E-state index contributed by atoms with van der Waals surface area (Å²) < 4.78 is 43.7. The molecule has 0 unspecified atom stereocenters. The van der Waals surface area contributed by atoms with E-state index in [1.54, 1.807) is 0 Å². The lowest BCUT2D eigenvalue weighted by Crippen LogP contribution is -2.06. The van der Waals surface area contributed by atoms with Crippen LogP contribution in [-0.2, 0) is 6.18 Å². The number of nitrogens with two attached hydrogens (primary N) is 1. The standard InChI is InChI=1S/C11H9BrF3N3O/c1-19-9-6(7-4-17-18-10(7)16)2-5(3-8(9)12)11(13,14)15/h2-4H,1H3,(H3,16,17,18). The molecule has 0 spiro atoms. The highest BCUT2D eigenvalue weighted by Gasteiger charge is 2.32. The van der Waals surface area contributed by atoms with Gasteiger partial charge in [-0.3, -0.25) is 5.10 Å². The van der Waals surface area contributed by atoms with Crippen molar-refractivity contribution in [2.45, 2.75) is 6.18 Å². The van der Waals surface area contributed by atoms with Crippen molar-refractivity contribution >= 4 is 21.7 Å². The van der Waals surface area contributed by atoms with Crippen molar-refractivity contribution in [3.05, 3.63) is 28.4 Å². The van der Waals surface area contributed by atoms with Crippen LogP contribution < -0.4 is 10.5 Å². The monoisotopic (exact) mass is 335 g/mol. The molecule has 2 rings (SSSR count). The number of rotatable bonds is 2. The Morgan fingerprint density at radius 2 is 2.00 bits per heavy atom. The average molecular weight is 336 g/mol. The number of aromatic amines is 1. The van der Waals surface area contributed by atoms with Gasteiger partial charge in [0.25, 0.3) is 0 Å². The fourth-order valence-corrected chi connectivity index (χ4v) is 2.30. The number of benzene rings is 1. The normalized spacial score (nSPS) is 11.6. The molecule has 4 nitrogen and oxygen atoms in total. The van der Waals surface area contributed by atoms with Crippen LogP contribution in [0.15, 0.2) is 22.8 Å². The molecule has 0 aliphatic heterocycles. The zero-order valence-corrected chi connectivity index (χ0v) is 11.3. The summed E-state index contributed by atoms with van der Waals surface area (Å²) in [5.41, 5.74) is 5.41. The quantitative estimate of drug-likeness (QED) is 0.883. The van der Waals surface area contributed by atoms with Crippen molar-refractivity contribution in [3.63, 3.8) is 0 Å². The van der Waals surface area contributed by atoms with E-state index in [0.717, 1.165) is 12.1 Å². The van der Waals surface area contributed by atoms with E-state index in [9.17, 15) is 13.2 Å². The number of hydrogen-bond donors (Lipinski definition) is 2. The second-order valence-corrected chi connectivity index (χ2v) is 4.59. The van der Waals surface area contributed by atoms with Gasteiger partial charge in [-0.1, -0.05) is 0 Å². The third kappa shape index (κ3) is 2.53. The van der Waals surface area contributed by atoms with Crippen LogP contribution in [0.5, 0.6) is 5.75 Å². The Morgan fingerprint density at radius 3 is 2.47 bits per heavy atom. The molecule has 102 valence electrons. The molecule has 0 aliphatic carbocycles. The van der Waals surface area contributed by atoms with Crippen molar-refractivity contribution in [1.29, 1.82) is 0 Å². The number of methoxy groups -OCH3 is 1. The lowest BCUT2D eigenvalue weighted by Gasteiger charge is -2.14. The Morgan fingerprint density at radius 1 is 1.32 bits per heavy atom. The molecule has 0 aliphatic rings. The molecule has 0 saturated heterocycles. The van der Waals surface area contributed by atoms with Gasteiger partial charge < -0.3 is 10.5 Å². The number of anilines is 1. The summed E-state index contributed by atoms with van der Waals surface area (Å²) >= 11 is 3.06. The molecule has 0 radical (unpaired) electrons. The summed E-state index contributed by atoms with van der Waals surface area (Å²) in [6, 6.07) is 1.93. The first kappa shape index (κ1) is 13.7. The van der Waals surface area contributed by atoms with Crippen molar-refractivity contribution in [3.8, 4) is 16.9 Å². The minimum atomic E-state index is -4.46. The lowest BCUT2D eigenvalue weighted by atomic mass is 10.0. The number of alkyl halides is 3. The van der Waals surface area contributed by atoms with Gasteiger partial charge in [0.05, 0.1) is 23.3 Å². The fourth-order valence-electron chi connectivity index (χ4n) is 1.68. The SMILES string of the molecule is COc1c(Br)cc(C(F)(F)F)cc1-c1cn[nH]c1N. The van der Waals surface area contributed by atoms with Crippen LogP contribution in [0.2, 0.25) is 0 Å². The van der Waals surface area contributed by atoms with Crippen LogP contribution in [0.4, 0.5) is 19.0 Å². The van der Waals surface area contributed by atoms with Crippen LogP contribution in [-0.4, -0.2) is 17.3 Å². The highest BCUT2D eigenvalue weighted by molar-refractivity contribution is 9.10. The van der Waals surface area contributed by atoms with E-state index in [1.807, 2.05) is 0 Å². The second kappa shape index (κ2) is 4.76. The van der Waals surface area contributed by atoms with Crippen molar-refractivity contribution < 1.29 is 17.9 Å². The molecule has 1 aromatic heterocycles. The number of aromatic nitrogens is 2. The average Bonchev–Trinajstić information content (AvgIpc) is 2.73. The third-order valence-corrected chi connectivity index (χ3v) is 3.12. The van der Waals surface area contributed by atoms with Crippen LogP contribution in [0.1, 0.15) is 5.56 Å². The zero-order valence-electron chi connectivity index (χ0n) is 9.68. The molecular weight excluding hydrogens is 327 g/mol. The highest BCUT2D eigenvalue weighted by Crippen LogP contribution is 2.42. The first-order chi connectivity index (χ1) is 8.84. The molecule has 2 aromatic rings. The van der Waals surface area contributed by atoms with Gasteiger partial charge in [-0.25, -0.2) is 0 Å². The Labute approximate surface area is 114 Å². The Bertz CT molecular complexity index is 610. The van der Waals surface area contributed by atoms with Crippen molar-refractivity contribution in [2.75, 3.05) is 12.8 Å². The molecule has 0 amide bonds. The predicted molar refractivity (Wildman–Crippen MR) is 67.7 cm³/mol.